The van der Waals surface area contributed by atoms with Gasteiger partial charge in [-0.3, -0.25) is 4.98 Å². The SMILES string of the molecule is CN(c1nc(-c2ccccc2)nc(-c2cnc(-c3ccc4c(c3)C(C)(C)CC4(C)C)c(C#N)c2)n1)c1ccccc1-c1ccccc1. The molecule has 0 radical (unpaired) electrons. The van der Waals surface area contributed by atoms with Gasteiger partial charge in [-0.05, 0) is 52.1 Å². The van der Waals surface area contributed by atoms with E-state index >= 15 is 0 Å². The van der Waals surface area contributed by atoms with Crippen molar-refractivity contribution in [3.8, 4) is 51.2 Å². The van der Waals surface area contributed by atoms with E-state index in [1.165, 1.54) is 11.1 Å². The zero-order chi connectivity index (χ0) is 32.8. The number of benzene rings is 4. The summed E-state index contributed by atoms with van der Waals surface area (Å²) in [6.45, 7) is 9.20. The van der Waals surface area contributed by atoms with E-state index in [0.717, 1.165) is 34.4 Å². The monoisotopic (exact) mass is 612 g/mol. The fourth-order valence-electron chi connectivity index (χ4n) is 7.14. The molecule has 0 saturated carbocycles. The predicted molar refractivity (Wildman–Crippen MR) is 189 cm³/mol. The van der Waals surface area contributed by atoms with E-state index in [1.54, 1.807) is 6.20 Å². The average molecular weight is 613 g/mol. The van der Waals surface area contributed by atoms with Crippen LogP contribution in [0.1, 0.15) is 50.8 Å². The van der Waals surface area contributed by atoms with Crippen molar-refractivity contribution in [2.75, 3.05) is 11.9 Å². The highest BCUT2D eigenvalue weighted by Crippen LogP contribution is 2.50. The third kappa shape index (κ3) is 5.55. The first-order valence-electron chi connectivity index (χ1n) is 15.9. The molecule has 7 rings (SSSR count). The van der Waals surface area contributed by atoms with Crippen molar-refractivity contribution in [3.05, 3.63) is 132 Å². The molecule has 6 heteroatoms. The minimum Gasteiger partial charge on any atom is -0.313 e. The number of hydrogen-bond acceptors (Lipinski definition) is 6. The summed E-state index contributed by atoms with van der Waals surface area (Å²) >= 11 is 0. The molecule has 0 atom stereocenters. The van der Waals surface area contributed by atoms with Gasteiger partial charge in [-0.2, -0.15) is 15.2 Å². The van der Waals surface area contributed by atoms with Crippen LogP contribution in [0.5, 0.6) is 0 Å². The quantitative estimate of drug-likeness (QED) is 0.186. The molecule has 47 heavy (non-hydrogen) atoms. The van der Waals surface area contributed by atoms with Gasteiger partial charge >= 0.3 is 0 Å². The van der Waals surface area contributed by atoms with Crippen molar-refractivity contribution in [1.82, 2.24) is 19.9 Å². The number of hydrogen-bond donors (Lipinski definition) is 0. The first-order chi connectivity index (χ1) is 22.6. The molecule has 0 spiro atoms. The van der Waals surface area contributed by atoms with Crippen LogP contribution in [0.15, 0.2) is 115 Å². The zero-order valence-electron chi connectivity index (χ0n) is 27.4. The summed E-state index contributed by atoms with van der Waals surface area (Å²) < 4.78 is 0. The van der Waals surface area contributed by atoms with Crippen LogP contribution in [0.4, 0.5) is 11.6 Å². The number of rotatable bonds is 6. The Morgan fingerprint density at radius 1 is 0.638 bits per heavy atom. The van der Waals surface area contributed by atoms with E-state index in [9.17, 15) is 5.26 Å². The highest BCUT2D eigenvalue weighted by atomic mass is 15.3. The Labute approximate surface area is 276 Å². The second-order valence-electron chi connectivity index (χ2n) is 13.5. The molecule has 230 valence electrons. The highest BCUT2D eigenvalue weighted by Gasteiger charge is 2.41. The minimum absolute atomic E-state index is 0.0435. The van der Waals surface area contributed by atoms with Crippen molar-refractivity contribution in [2.24, 2.45) is 0 Å². The topological polar surface area (TPSA) is 78.6 Å². The van der Waals surface area contributed by atoms with Gasteiger partial charge in [0.05, 0.1) is 16.9 Å². The normalized spacial score (nSPS) is 14.3. The summed E-state index contributed by atoms with van der Waals surface area (Å²) in [5.41, 5.74) is 9.57. The van der Waals surface area contributed by atoms with Gasteiger partial charge in [-0.1, -0.05) is 119 Å². The summed E-state index contributed by atoms with van der Waals surface area (Å²) in [5.74, 6) is 1.48. The maximum absolute atomic E-state index is 10.3. The summed E-state index contributed by atoms with van der Waals surface area (Å²) in [4.78, 5) is 21.6. The molecular weight excluding hydrogens is 576 g/mol. The van der Waals surface area contributed by atoms with Crippen LogP contribution in [-0.2, 0) is 10.8 Å². The highest BCUT2D eigenvalue weighted by molar-refractivity contribution is 5.81. The number of aromatic nitrogens is 4. The molecule has 0 fully saturated rings. The second kappa shape index (κ2) is 11.6. The number of nitrogens with zero attached hydrogens (tertiary/aromatic N) is 6. The largest absolute Gasteiger partial charge is 0.313 e. The Balaban J connectivity index is 1.33. The van der Waals surface area contributed by atoms with E-state index in [4.69, 9.17) is 19.9 Å². The van der Waals surface area contributed by atoms with Gasteiger partial charge in [0.25, 0.3) is 0 Å². The Morgan fingerprint density at radius 2 is 1.26 bits per heavy atom. The van der Waals surface area contributed by atoms with Crippen LogP contribution >= 0.6 is 0 Å². The second-order valence-corrected chi connectivity index (χ2v) is 13.5. The molecule has 2 heterocycles. The molecule has 1 aliphatic carbocycles. The first-order valence-corrected chi connectivity index (χ1v) is 15.9. The number of pyridine rings is 1. The number of nitriles is 1. The average Bonchev–Trinajstić information content (AvgIpc) is 3.30. The lowest BCUT2D eigenvalue weighted by molar-refractivity contribution is 0.403. The van der Waals surface area contributed by atoms with Crippen molar-refractivity contribution in [1.29, 1.82) is 5.26 Å². The smallest absolute Gasteiger partial charge is 0.233 e. The Bertz CT molecular complexity index is 2150. The Kier molecular flexibility index (Phi) is 7.41. The maximum Gasteiger partial charge on any atom is 0.233 e. The van der Waals surface area contributed by atoms with Gasteiger partial charge in [0.1, 0.15) is 6.07 Å². The van der Waals surface area contributed by atoms with Crippen LogP contribution < -0.4 is 4.90 Å². The molecule has 1 aliphatic rings. The maximum atomic E-state index is 10.3. The standard InChI is InChI=1S/C41H36N6/c1-40(2)26-41(3,4)34-23-29(20-21-33(34)40)36-30(24-42)22-31(25-43-36)38-44-37(28-16-10-7-11-17-28)45-39(46-38)47(5)35-19-13-12-18-32(35)27-14-8-6-9-15-27/h6-23,25H,26H2,1-5H3. The molecule has 0 aliphatic heterocycles. The third-order valence-corrected chi connectivity index (χ3v) is 9.21. The van der Waals surface area contributed by atoms with E-state index in [2.05, 4.69) is 76.2 Å². The lowest BCUT2D eigenvalue weighted by Gasteiger charge is -2.22. The fraction of sp³-hybridized carbons (Fsp3) is 0.195. The van der Waals surface area contributed by atoms with Crippen molar-refractivity contribution in [2.45, 2.75) is 44.9 Å². The van der Waals surface area contributed by atoms with Crippen LogP contribution in [0.3, 0.4) is 0 Å². The van der Waals surface area contributed by atoms with Crippen LogP contribution in [0.2, 0.25) is 0 Å². The molecule has 4 aromatic carbocycles. The Hall–Kier alpha value is -5.67. The lowest BCUT2D eigenvalue weighted by atomic mass is 9.82. The van der Waals surface area contributed by atoms with E-state index < -0.39 is 0 Å². The van der Waals surface area contributed by atoms with Crippen molar-refractivity contribution < 1.29 is 0 Å². The molecular formula is C41H36N6. The number of fused-ring (bicyclic) bond motifs is 1. The molecule has 6 aromatic rings. The molecule has 0 saturated heterocycles. The van der Waals surface area contributed by atoms with Gasteiger partial charge in [0.15, 0.2) is 11.6 Å². The lowest BCUT2D eigenvalue weighted by Crippen LogP contribution is -2.17. The van der Waals surface area contributed by atoms with Gasteiger partial charge < -0.3 is 4.90 Å². The van der Waals surface area contributed by atoms with E-state index in [0.29, 0.717) is 34.4 Å². The molecule has 2 aromatic heterocycles. The predicted octanol–water partition coefficient (Wildman–Crippen LogP) is 9.53. The van der Waals surface area contributed by atoms with Gasteiger partial charge in [0.2, 0.25) is 5.95 Å². The Morgan fingerprint density at radius 3 is 1.96 bits per heavy atom. The molecule has 6 nitrogen and oxygen atoms in total. The van der Waals surface area contributed by atoms with Crippen LogP contribution in [-0.4, -0.2) is 27.0 Å². The summed E-state index contributed by atoms with van der Waals surface area (Å²) in [5, 5.41) is 10.3. The summed E-state index contributed by atoms with van der Waals surface area (Å²) in [7, 11) is 1.97. The van der Waals surface area contributed by atoms with Gasteiger partial charge in [-0.15, -0.1) is 0 Å². The van der Waals surface area contributed by atoms with Crippen molar-refractivity contribution in [3.63, 3.8) is 0 Å². The summed E-state index contributed by atoms with van der Waals surface area (Å²) in [6, 6.07) is 39.2. The van der Waals surface area contributed by atoms with Crippen LogP contribution in [0.25, 0.3) is 45.2 Å². The van der Waals surface area contributed by atoms with E-state index in [-0.39, 0.29) is 10.8 Å². The number of para-hydroxylation sites is 1. The molecule has 0 bridgehead atoms. The van der Waals surface area contributed by atoms with Gasteiger partial charge in [-0.25, -0.2) is 4.98 Å². The molecule has 0 N–H and O–H groups in total. The third-order valence-electron chi connectivity index (χ3n) is 9.21. The fourth-order valence-corrected chi connectivity index (χ4v) is 7.14. The molecule has 0 amide bonds. The number of anilines is 2. The van der Waals surface area contributed by atoms with E-state index in [1.807, 2.05) is 78.7 Å². The molecule has 0 unspecified atom stereocenters. The summed E-state index contributed by atoms with van der Waals surface area (Å²) in [6.07, 6.45) is 2.84. The zero-order valence-corrected chi connectivity index (χ0v) is 27.4. The van der Waals surface area contributed by atoms with Crippen molar-refractivity contribution >= 4 is 11.6 Å². The van der Waals surface area contributed by atoms with Crippen LogP contribution in [0, 0.1) is 11.3 Å². The van der Waals surface area contributed by atoms with Gasteiger partial charge in [0, 0.05) is 35.5 Å². The minimum atomic E-state index is 0.0435. The first kappa shape index (κ1) is 30.0.